The van der Waals surface area contributed by atoms with E-state index in [0.29, 0.717) is 5.76 Å². The molecule has 0 rings (SSSR count). The predicted octanol–water partition coefficient (Wildman–Crippen LogP) is 1.79. The van der Waals surface area contributed by atoms with E-state index in [1.807, 2.05) is 13.8 Å². The normalized spacial score (nSPS) is 12.8. The zero-order valence-electron chi connectivity index (χ0n) is 7.34. The minimum absolute atomic E-state index is 0.0318. The van der Waals surface area contributed by atoms with Crippen molar-refractivity contribution in [1.82, 2.24) is 0 Å². The van der Waals surface area contributed by atoms with Crippen molar-refractivity contribution in [3.8, 4) is 0 Å². The fourth-order valence-electron chi connectivity index (χ4n) is 0.593. The van der Waals surface area contributed by atoms with Crippen LogP contribution in [-0.2, 0) is 9.53 Å². The van der Waals surface area contributed by atoms with Crippen LogP contribution in [0.15, 0.2) is 11.3 Å². The van der Waals surface area contributed by atoms with Crippen LogP contribution in [0.5, 0.6) is 0 Å². The number of rotatable bonds is 3. The van der Waals surface area contributed by atoms with E-state index in [1.165, 1.54) is 6.92 Å². The zero-order chi connectivity index (χ0) is 9.02. The number of hydrogen-bond acceptors (Lipinski definition) is 2. The quantitative estimate of drug-likeness (QED) is 0.503. The van der Waals surface area contributed by atoms with Gasteiger partial charge < -0.3 is 9.84 Å². The van der Waals surface area contributed by atoms with Gasteiger partial charge in [-0.3, -0.25) is 0 Å². The Kier molecular flexibility index (Phi) is 3.65. The molecule has 3 heteroatoms. The van der Waals surface area contributed by atoms with E-state index in [9.17, 15) is 4.79 Å². The first kappa shape index (κ1) is 10.0. The Morgan fingerprint density at radius 1 is 1.36 bits per heavy atom. The van der Waals surface area contributed by atoms with Gasteiger partial charge in [0.25, 0.3) is 0 Å². The monoisotopic (exact) mass is 158 g/mol. The molecule has 0 heterocycles. The van der Waals surface area contributed by atoms with Crippen LogP contribution in [0.25, 0.3) is 0 Å². The fraction of sp³-hybridized carbons (Fsp3) is 0.625. The third kappa shape index (κ3) is 3.65. The average Bonchev–Trinajstić information content (AvgIpc) is 1.84. The first-order valence-corrected chi connectivity index (χ1v) is 3.52. The van der Waals surface area contributed by atoms with Crippen molar-refractivity contribution in [2.24, 2.45) is 0 Å². The first-order valence-electron chi connectivity index (χ1n) is 3.52. The molecule has 0 aliphatic carbocycles. The molecule has 0 radical (unpaired) electrons. The van der Waals surface area contributed by atoms with Crippen molar-refractivity contribution in [1.29, 1.82) is 0 Å². The summed E-state index contributed by atoms with van der Waals surface area (Å²) in [7, 11) is 0. The lowest BCUT2D eigenvalue weighted by Crippen LogP contribution is -2.06. The van der Waals surface area contributed by atoms with Crippen molar-refractivity contribution in [3.05, 3.63) is 11.3 Å². The minimum atomic E-state index is -0.928. The van der Waals surface area contributed by atoms with E-state index in [1.54, 1.807) is 6.92 Å². The second kappa shape index (κ2) is 4.01. The predicted molar refractivity (Wildman–Crippen MR) is 42.2 cm³/mol. The van der Waals surface area contributed by atoms with Crippen LogP contribution in [0.2, 0.25) is 0 Å². The van der Waals surface area contributed by atoms with Gasteiger partial charge in [-0.2, -0.15) is 0 Å². The molecule has 0 aromatic rings. The Morgan fingerprint density at radius 3 is 2.09 bits per heavy atom. The summed E-state index contributed by atoms with van der Waals surface area (Å²) in [5, 5.41) is 8.53. The van der Waals surface area contributed by atoms with Crippen LogP contribution in [0.1, 0.15) is 27.7 Å². The molecule has 0 saturated heterocycles. The third-order valence-corrected chi connectivity index (χ3v) is 1.26. The standard InChI is InChI=1S/C8H14O3/c1-5(2)11-7(4)6(3)8(9)10/h5H,1-4H3,(H,9,10)/b7-6-. The number of carbonyl (C=O) groups is 1. The number of hydrogen-bond donors (Lipinski definition) is 1. The summed E-state index contributed by atoms with van der Waals surface area (Å²) in [6.07, 6.45) is 0.0318. The Labute approximate surface area is 66.7 Å². The lowest BCUT2D eigenvalue weighted by atomic mass is 10.3. The summed E-state index contributed by atoms with van der Waals surface area (Å²) >= 11 is 0. The Hall–Kier alpha value is -0.990. The summed E-state index contributed by atoms with van der Waals surface area (Å²) in [5.41, 5.74) is 0.263. The molecule has 0 bridgehead atoms. The van der Waals surface area contributed by atoms with Crippen LogP contribution in [-0.4, -0.2) is 17.2 Å². The average molecular weight is 158 g/mol. The molecule has 0 amide bonds. The summed E-state index contributed by atoms with van der Waals surface area (Å²) in [5.74, 6) is -0.448. The molecule has 1 N–H and O–H groups in total. The first-order chi connectivity index (χ1) is 4.95. The third-order valence-electron chi connectivity index (χ3n) is 1.26. The van der Waals surface area contributed by atoms with Crippen LogP contribution in [0.4, 0.5) is 0 Å². The van der Waals surface area contributed by atoms with Gasteiger partial charge in [-0.05, 0) is 27.7 Å². The largest absolute Gasteiger partial charge is 0.495 e. The van der Waals surface area contributed by atoms with Gasteiger partial charge in [0, 0.05) is 0 Å². The molecule has 0 aromatic heterocycles. The number of allylic oxidation sites excluding steroid dienone is 1. The molecule has 0 aliphatic heterocycles. The van der Waals surface area contributed by atoms with Gasteiger partial charge in [-0.15, -0.1) is 0 Å². The molecule has 0 fully saturated rings. The lowest BCUT2D eigenvalue weighted by molar-refractivity contribution is -0.132. The van der Waals surface area contributed by atoms with Crippen LogP contribution in [0.3, 0.4) is 0 Å². The molecule has 0 spiro atoms. The minimum Gasteiger partial charge on any atom is -0.495 e. The van der Waals surface area contributed by atoms with Gasteiger partial charge in [-0.25, -0.2) is 4.79 Å². The molecule has 3 nitrogen and oxygen atoms in total. The molecule has 11 heavy (non-hydrogen) atoms. The summed E-state index contributed by atoms with van der Waals surface area (Å²) in [4.78, 5) is 10.4. The molecular weight excluding hydrogens is 144 g/mol. The highest BCUT2D eigenvalue weighted by atomic mass is 16.5. The van der Waals surface area contributed by atoms with Gasteiger partial charge in [0.2, 0.25) is 0 Å². The Bertz CT molecular complexity index is 180. The Balaban J connectivity index is 4.28. The topological polar surface area (TPSA) is 46.5 Å². The van der Waals surface area contributed by atoms with E-state index in [2.05, 4.69) is 0 Å². The summed E-state index contributed by atoms with van der Waals surface area (Å²) in [6.45, 7) is 6.90. The lowest BCUT2D eigenvalue weighted by Gasteiger charge is -2.10. The SMILES string of the molecule is C/C(OC(C)C)=C(\C)C(=O)O. The molecule has 0 unspecified atom stereocenters. The molecule has 0 aliphatic rings. The summed E-state index contributed by atoms with van der Waals surface area (Å²) in [6, 6.07) is 0. The van der Waals surface area contributed by atoms with Gasteiger partial charge in [0.1, 0.15) is 5.76 Å². The molecule has 0 aromatic carbocycles. The smallest absolute Gasteiger partial charge is 0.334 e. The van der Waals surface area contributed by atoms with Gasteiger partial charge in [0.15, 0.2) is 0 Å². The second-order valence-corrected chi connectivity index (χ2v) is 2.65. The second-order valence-electron chi connectivity index (χ2n) is 2.65. The number of aliphatic carboxylic acids is 1. The van der Waals surface area contributed by atoms with Crippen LogP contribution in [0, 0.1) is 0 Å². The molecule has 0 saturated carbocycles. The van der Waals surface area contributed by atoms with Crippen molar-refractivity contribution < 1.29 is 14.6 Å². The van der Waals surface area contributed by atoms with Crippen molar-refractivity contribution in [2.75, 3.05) is 0 Å². The van der Waals surface area contributed by atoms with Gasteiger partial charge in [0.05, 0.1) is 11.7 Å². The van der Waals surface area contributed by atoms with Crippen molar-refractivity contribution in [2.45, 2.75) is 33.8 Å². The number of carboxylic acid groups (broad SMARTS) is 1. The molecule has 0 atom stereocenters. The number of carboxylic acids is 1. The van der Waals surface area contributed by atoms with Crippen LogP contribution >= 0.6 is 0 Å². The van der Waals surface area contributed by atoms with Gasteiger partial charge >= 0.3 is 5.97 Å². The summed E-state index contributed by atoms with van der Waals surface area (Å²) < 4.78 is 5.17. The van der Waals surface area contributed by atoms with Crippen LogP contribution < -0.4 is 0 Å². The maximum absolute atomic E-state index is 10.4. The maximum atomic E-state index is 10.4. The highest BCUT2D eigenvalue weighted by Crippen LogP contribution is 2.07. The van der Waals surface area contributed by atoms with E-state index in [4.69, 9.17) is 9.84 Å². The van der Waals surface area contributed by atoms with Gasteiger partial charge in [-0.1, -0.05) is 0 Å². The van der Waals surface area contributed by atoms with E-state index < -0.39 is 5.97 Å². The zero-order valence-corrected chi connectivity index (χ0v) is 7.34. The van der Waals surface area contributed by atoms with Crippen molar-refractivity contribution >= 4 is 5.97 Å². The van der Waals surface area contributed by atoms with E-state index in [-0.39, 0.29) is 11.7 Å². The molecule has 64 valence electrons. The highest BCUT2D eigenvalue weighted by molar-refractivity contribution is 5.86. The Morgan fingerprint density at radius 2 is 1.82 bits per heavy atom. The van der Waals surface area contributed by atoms with Crippen molar-refractivity contribution in [3.63, 3.8) is 0 Å². The fourth-order valence-corrected chi connectivity index (χ4v) is 0.593. The van der Waals surface area contributed by atoms with E-state index >= 15 is 0 Å². The number of ether oxygens (including phenoxy) is 1. The van der Waals surface area contributed by atoms with E-state index in [0.717, 1.165) is 0 Å². The highest BCUT2D eigenvalue weighted by Gasteiger charge is 2.06. The molecular formula is C8H14O3. The maximum Gasteiger partial charge on any atom is 0.334 e.